The largest absolute Gasteiger partial charge is 0.394 e. The van der Waals surface area contributed by atoms with Gasteiger partial charge in [-0.15, -0.1) is 0 Å². The lowest BCUT2D eigenvalue weighted by molar-refractivity contribution is -0.150. The first-order chi connectivity index (χ1) is 7.31. The lowest BCUT2D eigenvalue weighted by Crippen LogP contribution is -2.52. The zero-order valence-corrected chi connectivity index (χ0v) is 8.82. The molecule has 15 heavy (non-hydrogen) atoms. The number of rotatable bonds is 3. The van der Waals surface area contributed by atoms with Gasteiger partial charge in [0, 0.05) is 6.54 Å². The van der Waals surface area contributed by atoms with Gasteiger partial charge in [0.05, 0.1) is 19.3 Å². The van der Waals surface area contributed by atoms with Crippen LogP contribution in [0.4, 0.5) is 0 Å². The molecule has 5 heteroatoms. The van der Waals surface area contributed by atoms with Gasteiger partial charge in [-0.3, -0.25) is 4.79 Å². The fraction of sp³-hybridized carbons (Fsp3) is 0.900. The highest BCUT2D eigenvalue weighted by Gasteiger charge is 2.30. The van der Waals surface area contributed by atoms with Gasteiger partial charge in [0.2, 0.25) is 5.91 Å². The molecule has 0 aromatic heterocycles. The topological polar surface area (TPSA) is 61.8 Å². The van der Waals surface area contributed by atoms with Gasteiger partial charge in [-0.05, 0) is 25.4 Å². The summed E-state index contributed by atoms with van der Waals surface area (Å²) >= 11 is 0. The summed E-state index contributed by atoms with van der Waals surface area (Å²) in [5.74, 6) is 0.535. The van der Waals surface area contributed by atoms with E-state index in [0.717, 1.165) is 26.1 Å². The highest BCUT2D eigenvalue weighted by Crippen LogP contribution is 2.15. The lowest BCUT2D eigenvalue weighted by atomic mass is 10.1. The minimum Gasteiger partial charge on any atom is -0.394 e. The molecule has 1 amide bonds. The van der Waals surface area contributed by atoms with Crippen molar-refractivity contribution in [3.63, 3.8) is 0 Å². The van der Waals surface area contributed by atoms with Gasteiger partial charge in [-0.25, -0.2) is 0 Å². The third kappa shape index (κ3) is 2.48. The number of aliphatic hydroxyl groups is 1. The molecule has 2 rings (SSSR count). The van der Waals surface area contributed by atoms with Crippen molar-refractivity contribution in [1.29, 1.82) is 0 Å². The van der Waals surface area contributed by atoms with Crippen molar-refractivity contribution < 1.29 is 14.6 Å². The summed E-state index contributed by atoms with van der Waals surface area (Å²) in [5.41, 5.74) is 0. The molecule has 2 heterocycles. The number of hydrogen-bond acceptors (Lipinski definition) is 4. The predicted molar refractivity (Wildman–Crippen MR) is 54.4 cm³/mol. The van der Waals surface area contributed by atoms with Gasteiger partial charge in [0.15, 0.2) is 0 Å². The van der Waals surface area contributed by atoms with E-state index in [-0.39, 0.29) is 25.2 Å². The lowest BCUT2D eigenvalue weighted by Gasteiger charge is -2.35. The second-order valence-corrected chi connectivity index (χ2v) is 4.26. The SMILES string of the molecule is O=C1COCC(CO)N1CC1CCNC1. The summed E-state index contributed by atoms with van der Waals surface area (Å²) in [7, 11) is 0. The molecule has 0 aromatic carbocycles. The van der Waals surface area contributed by atoms with Crippen molar-refractivity contribution in [1.82, 2.24) is 10.2 Å². The molecule has 0 radical (unpaired) electrons. The van der Waals surface area contributed by atoms with Crippen LogP contribution >= 0.6 is 0 Å². The highest BCUT2D eigenvalue weighted by molar-refractivity contribution is 5.78. The Morgan fingerprint density at radius 1 is 1.60 bits per heavy atom. The molecular weight excluding hydrogens is 196 g/mol. The molecule has 2 atom stereocenters. The van der Waals surface area contributed by atoms with Crippen LogP contribution in [0.3, 0.4) is 0 Å². The van der Waals surface area contributed by atoms with Crippen molar-refractivity contribution in [2.75, 3.05) is 39.5 Å². The first-order valence-electron chi connectivity index (χ1n) is 5.50. The number of carbonyl (C=O) groups is 1. The number of amides is 1. The molecule has 0 saturated carbocycles. The summed E-state index contributed by atoms with van der Waals surface area (Å²) in [5, 5.41) is 12.4. The number of hydrogen-bond donors (Lipinski definition) is 2. The summed E-state index contributed by atoms with van der Waals surface area (Å²) in [4.78, 5) is 13.4. The van der Waals surface area contributed by atoms with Gasteiger partial charge in [0.25, 0.3) is 0 Å². The van der Waals surface area contributed by atoms with Crippen LogP contribution in [-0.2, 0) is 9.53 Å². The molecule has 2 aliphatic heterocycles. The average Bonchev–Trinajstić information content (AvgIpc) is 2.74. The zero-order valence-electron chi connectivity index (χ0n) is 8.82. The molecular formula is C10H18N2O3. The second-order valence-electron chi connectivity index (χ2n) is 4.26. The molecule has 2 saturated heterocycles. The number of nitrogens with one attached hydrogen (secondary N) is 1. The molecule has 2 unspecified atom stereocenters. The number of morpholine rings is 1. The minimum atomic E-state index is -0.146. The standard InChI is InChI=1S/C10H18N2O3/c13-5-9-6-15-7-10(14)12(9)4-8-1-2-11-3-8/h8-9,11,13H,1-7H2. The quantitative estimate of drug-likeness (QED) is 0.620. The fourth-order valence-electron chi connectivity index (χ4n) is 2.21. The number of ether oxygens (including phenoxy) is 1. The summed E-state index contributed by atoms with van der Waals surface area (Å²) in [6.45, 7) is 3.38. The van der Waals surface area contributed by atoms with Crippen LogP contribution in [0.25, 0.3) is 0 Å². The molecule has 0 bridgehead atoms. The average molecular weight is 214 g/mol. The third-order valence-corrected chi connectivity index (χ3v) is 3.12. The van der Waals surface area contributed by atoms with Crippen LogP contribution in [0.5, 0.6) is 0 Å². The van der Waals surface area contributed by atoms with Gasteiger partial charge >= 0.3 is 0 Å². The maximum atomic E-state index is 11.6. The Hall–Kier alpha value is -0.650. The van der Waals surface area contributed by atoms with E-state index >= 15 is 0 Å². The Morgan fingerprint density at radius 3 is 3.13 bits per heavy atom. The molecule has 86 valence electrons. The minimum absolute atomic E-state index is 0.00667. The Balaban J connectivity index is 1.93. The van der Waals surface area contributed by atoms with Crippen LogP contribution in [0.15, 0.2) is 0 Å². The van der Waals surface area contributed by atoms with E-state index in [1.165, 1.54) is 0 Å². The highest BCUT2D eigenvalue weighted by atomic mass is 16.5. The molecule has 0 aliphatic carbocycles. The summed E-state index contributed by atoms with van der Waals surface area (Å²) in [6, 6.07) is -0.146. The van der Waals surface area contributed by atoms with Crippen LogP contribution in [0.2, 0.25) is 0 Å². The number of aliphatic hydroxyl groups excluding tert-OH is 1. The number of nitrogens with zero attached hydrogens (tertiary/aromatic N) is 1. The molecule has 0 aromatic rings. The summed E-state index contributed by atoms with van der Waals surface area (Å²) in [6.07, 6.45) is 1.11. The Kier molecular flexibility index (Phi) is 3.56. The second kappa shape index (κ2) is 4.92. The maximum Gasteiger partial charge on any atom is 0.248 e. The van der Waals surface area contributed by atoms with Crippen molar-refractivity contribution in [2.45, 2.75) is 12.5 Å². The zero-order chi connectivity index (χ0) is 10.7. The van der Waals surface area contributed by atoms with Crippen LogP contribution < -0.4 is 5.32 Å². The van der Waals surface area contributed by atoms with E-state index in [1.54, 1.807) is 4.90 Å². The fourth-order valence-corrected chi connectivity index (χ4v) is 2.21. The first kappa shape index (κ1) is 10.9. The van der Waals surface area contributed by atoms with Crippen LogP contribution in [-0.4, -0.2) is 61.4 Å². The molecule has 2 N–H and O–H groups in total. The van der Waals surface area contributed by atoms with E-state index in [2.05, 4.69) is 5.32 Å². The predicted octanol–water partition coefficient (Wildman–Crippen LogP) is -1.18. The van der Waals surface area contributed by atoms with E-state index in [4.69, 9.17) is 9.84 Å². The van der Waals surface area contributed by atoms with E-state index < -0.39 is 0 Å². The first-order valence-corrected chi connectivity index (χ1v) is 5.50. The number of carbonyl (C=O) groups excluding carboxylic acids is 1. The Labute approximate surface area is 89.4 Å². The van der Waals surface area contributed by atoms with Gasteiger partial charge in [-0.2, -0.15) is 0 Å². The molecule has 2 fully saturated rings. The van der Waals surface area contributed by atoms with Crippen molar-refractivity contribution >= 4 is 5.91 Å². The molecule has 5 nitrogen and oxygen atoms in total. The van der Waals surface area contributed by atoms with Crippen LogP contribution in [0, 0.1) is 5.92 Å². The van der Waals surface area contributed by atoms with E-state index in [1.807, 2.05) is 0 Å². The monoisotopic (exact) mass is 214 g/mol. The van der Waals surface area contributed by atoms with E-state index in [0.29, 0.717) is 12.5 Å². The molecule has 2 aliphatic rings. The third-order valence-electron chi connectivity index (χ3n) is 3.12. The van der Waals surface area contributed by atoms with E-state index in [9.17, 15) is 4.79 Å². The maximum absolute atomic E-state index is 11.6. The van der Waals surface area contributed by atoms with Gasteiger partial charge in [-0.1, -0.05) is 0 Å². The van der Waals surface area contributed by atoms with Crippen molar-refractivity contribution in [2.24, 2.45) is 5.92 Å². The molecule has 0 spiro atoms. The van der Waals surface area contributed by atoms with Gasteiger partial charge in [0.1, 0.15) is 6.61 Å². The van der Waals surface area contributed by atoms with Gasteiger partial charge < -0.3 is 20.1 Å². The van der Waals surface area contributed by atoms with Crippen LogP contribution in [0.1, 0.15) is 6.42 Å². The van der Waals surface area contributed by atoms with Crippen molar-refractivity contribution in [3.05, 3.63) is 0 Å². The normalized spacial score (nSPS) is 32.3. The smallest absolute Gasteiger partial charge is 0.248 e. The Bertz CT molecular complexity index is 229. The Morgan fingerprint density at radius 2 is 2.47 bits per heavy atom. The summed E-state index contributed by atoms with van der Waals surface area (Å²) < 4.78 is 5.11. The van der Waals surface area contributed by atoms with Crippen molar-refractivity contribution in [3.8, 4) is 0 Å².